The lowest BCUT2D eigenvalue weighted by atomic mass is 10.0. The molecule has 2 aromatic carbocycles. The fourth-order valence-electron chi connectivity index (χ4n) is 5.81. The van der Waals surface area contributed by atoms with Crippen molar-refractivity contribution < 1.29 is 23.0 Å². The van der Waals surface area contributed by atoms with Crippen LogP contribution in [0.1, 0.15) is 24.0 Å². The highest BCUT2D eigenvalue weighted by Gasteiger charge is 2.27. The van der Waals surface area contributed by atoms with Crippen molar-refractivity contribution in [3.63, 3.8) is 0 Å². The van der Waals surface area contributed by atoms with Crippen LogP contribution in [0.4, 0.5) is 26.1 Å². The first-order valence-corrected chi connectivity index (χ1v) is 14.4. The van der Waals surface area contributed by atoms with E-state index in [4.69, 9.17) is 14.2 Å². The lowest BCUT2D eigenvalue weighted by Gasteiger charge is -2.43. The number of benzene rings is 2. The number of aryl methyl sites for hydroxylation is 1. The van der Waals surface area contributed by atoms with E-state index < -0.39 is 11.6 Å². The molecule has 0 amide bonds. The Kier molecular flexibility index (Phi) is 9.58. The smallest absolute Gasteiger partial charge is 0.227 e. The van der Waals surface area contributed by atoms with Gasteiger partial charge in [-0.1, -0.05) is 0 Å². The molecule has 3 heterocycles. The number of ether oxygens (including phenoxy) is 3. The largest absolute Gasteiger partial charge is 0.495 e. The minimum Gasteiger partial charge on any atom is -0.495 e. The van der Waals surface area contributed by atoms with Crippen molar-refractivity contribution in [1.29, 1.82) is 0 Å². The molecule has 42 heavy (non-hydrogen) atoms. The third-order valence-electron chi connectivity index (χ3n) is 8.33. The highest BCUT2D eigenvalue weighted by Crippen LogP contribution is 2.34. The fraction of sp³-hybridized carbons (Fsp3) is 0.484. The van der Waals surface area contributed by atoms with Gasteiger partial charge in [-0.2, -0.15) is 0 Å². The number of hydrogen-bond acceptors (Lipinski definition) is 9. The quantitative estimate of drug-likeness (QED) is 0.371. The molecule has 0 aliphatic carbocycles. The minimum atomic E-state index is -0.730. The second-order valence-corrected chi connectivity index (χ2v) is 10.9. The molecule has 226 valence electrons. The predicted octanol–water partition coefficient (Wildman–Crippen LogP) is 4.53. The van der Waals surface area contributed by atoms with Gasteiger partial charge in [0.25, 0.3) is 0 Å². The maximum atomic E-state index is 14.7. The average molecular weight is 583 g/mol. The van der Waals surface area contributed by atoms with Gasteiger partial charge in [0.15, 0.2) is 23.1 Å². The first-order chi connectivity index (χ1) is 20.4. The number of piperidine rings is 1. The standard InChI is InChI=1S/C31H40F2N6O3/c1-37-11-9-23(10-12-37)38-13-15-39(16-14-38)25-8-6-22(17-26(25)40-2)36-31-34-19-21(20-35-31)5-7-24-29(32)27(41-3)18-28(42-4)30(24)33/h6,8,17-20,23H,5,7,9-16H2,1-4H3,(H,34,35,36). The van der Waals surface area contributed by atoms with Crippen LogP contribution in [0.5, 0.6) is 17.2 Å². The van der Waals surface area contributed by atoms with Crippen molar-refractivity contribution in [2.24, 2.45) is 0 Å². The van der Waals surface area contributed by atoms with E-state index in [1.165, 1.54) is 46.2 Å². The van der Waals surface area contributed by atoms with Crippen LogP contribution in [0.2, 0.25) is 0 Å². The van der Waals surface area contributed by atoms with Gasteiger partial charge < -0.3 is 29.3 Å². The van der Waals surface area contributed by atoms with Crippen molar-refractivity contribution in [1.82, 2.24) is 19.8 Å². The van der Waals surface area contributed by atoms with Crippen LogP contribution in [0, 0.1) is 11.6 Å². The van der Waals surface area contributed by atoms with E-state index in [0.717, 1.165) is 48.9 Å². The molecule has 3 aromatic rings. The molecule has 2 aliphatic heterocycles. The Hall–Kier alpha value is -3.70. The topological polar surface area (TPSA) is 75.2 Å². The van der Waals surface area contributed by atoms with Gasteiger partial charge in [0, 0.05) is 68.0 Å². The van der Waals surface area contributed by atoms with E-state index in [1.807, 2.05) is 12.1 Å². The Morgan fingerprint density at radius 2 is 1.43 bits per heavy atom. The molecule has 0 radical (unpaired) electrons. The number of rotatable bonds is 10. The molecule has 0 unspecified atom stereocenters. The molecule has 9 nitrogen and oxygen atoms in total. The number of methoxy groups -OCH3 is 3. The van der Waals surface area contributed by atoms with Gasteiger partial charge in [-0.05, 0) is 63.5 Å². The van der Waals surface area contributed by atoms with Gasteiger partial charge in [-0.3, -0.25) is 4.90 Å². The maximum Gasteiger partial charge on any atom is 0.227 e. The zero-order valence-corrected chi connectivity index (χ0v) is 24.8. The van der Waals surface area contributed by atoms with Gasteiger partial charge in [0.2, 0.25) is 5.95 Å². The summed E-state index contributed by atoms with van der Waals surface area (Å²) in [7, 11) is 6.56. The van der Waals surface area contributed by atoms with Crippen LogP contribution in [0.3, 0.4) is 0 Å². The Balaban J connectivity index is 1.18. The van der Waals surface area contributed by atoms with Gasteiger partial charge >= 0.3 is 0 Å². The summed E-state index contributed by atoms with van der Waals surface area (Å²) in [5.74, 6) is -0.369. The average Bonchev–Trinajstić information content (AvgIpc) is 3.02. The number of aromatic nitrogens is 2. The molecule has 11 heteroatoms. The normalized spacial score (nSPS) is 16.9. The van der Waals surface area contributed by atoms with E-state index in [0.29, 0.717) is 18.4 Å². The first kappa shape index (κ1) is 29.8. The lowest BCUT2D eigenvalue weighted by molar-refractivity contribution is 0.115. The third kappa shape index (κ3) is 6.68. The second-order valence-electron chi connectivity index (χ2n) is 10.9. The molecule has 0 spiro atoms. The van der Waals surface area contributed by atoms with Crippen LogP contribution < -0.4 is 24.4 Å². The van der Waals surface area contributed by atoms with Crippen molar-refractivity contribution in [3.8, 4) is 17.2 Å². The predicted molar refractivity (Wildman–Crippen MR) is 159 cm³/mol. The fourth-order valence-corrected chi connectivity index (χ4v) is 5.81. The maximum absolute atomic E-state index is 14.7. The van der Waals surface area contributed by atoms with E-state index in [9.17, 15) is 8.78 Å². The Morgan fingerprint density at radius 3 is 2.02 bits per heavy atom. The van der Waals surface area contributed by atoms with Gasteiger partial charge in [-0.25, -0.2) is 18.7 Å². The lowest BCUT2D eigenvalue weighted by Crippen LogP contribution is -2.53. The molecule has 2 fully saturated rings. The van der Waals surface area contributed by atoms with Crippen molar-refractivity contribution in [2.45, 2.75) is 31.7 Å². The summed E-state index contributed by atoms with van der Waals surface area (Å²) in [6.07, 6.45) is 6.25. The van der Waals surface area contributed by atoms with E-state index >= 15 is 0 Å². The van der Waals surface area contributed by atoms with E-state index in [2.05, 4.69) is 43.1 Å². The van der Waals surface area contributed by atoms with Crippen molar-refractivity contribution in [2.75, 3.05) is 77.9 Å². The molecule has 1 N–H and O–H groups in total. The number of anilines is 3. The number of nitrogens with one attached hydrogen (secondary N) is 1. The van der Waals surface area contributed by atoms with E-state index in [-0.39, 0.29) is 23.5 Å². The number of hydrogen-bond donors (Lipinski definition) is 1. The molecule has 0 saturated carbocycles. The van der Waals surface area contributed by atoms with Crippen LogP contribution >= 0.6 is 0 Å². The highest BCUT2D eigenvalue weighted by molar-refractivity contribution is 5.67. The van der Waals surface area contributed by atoms with Crippen molar-refractivity contribution >= 4 is 17.3 Å². The van der Waals surface area contributed by atoms with Crippen molar-refractivity contribution in [3.05, 3.63) is 59.4 Å². The number of likely N-dealkylation sites (tertiary alicyclic amines) is 1. The van der Waals surface area contributed by atoms with Crippen LogP contribution in [0.15, 0.2) is 36.7 Å². The molecule has 0 bridgehead atoms. The third-order valence-corrected chi connectivity index (χ3v) is 8.33. The zero-order valence-electron chi connectivity index (χ0n) is 24.8. The molecule has 2 aliphatic rings. The summed E-state index contributed by atoms with van der Waals surface area (Å²) in [5, 5.41) is 3.23. The molecule has 1 aromatic heterocycles. The summed E-state index contributed by atoms with van der Waals surface area (Å²) in [6, 6.07) is 7.93. The summed E-state index contributed by atoms with van der Waals surface area (Å²) >= 11 is 0. The SMILES string of the molecule is COc1cc(Nc2ncc(CCc3c(F)c(OC)cc(OC)c3F)cn2)ccc1N1CCN(C2CCN(C)CC2)CC1. The van der Waals surface area contributed by atoms with Gasteiger partial charge in [-0.15, -0.1) is 0 Å². The van der Waals surface area contributed by atoms with Gasteiger partial charge in [0.05, 0.1) is 27.0 Å². The molecular weight excluding hydrogens is 542 g/mol. The Bertz CT molecular complexity index is 1320. The number of piperazine rings is 1. The monoisotopic (exact) mass is 582 g/mol. The minimum absolute atomic E-state index is 0.0598. The Labute approximate surface area is 246 Å². The summed E-state index contributed by atoms with van der Waals surface area (Å²) in [6.45, 7) is 6.41. The summed E-state index contributed by atoms with van der Waals surface area (Å²) < 4.78 is 45.2. The van der Waals surface area contributed by atoms with Crippen LogP contribution in [-0.4, -0.2) is 93.5 Å². The van der Waals surface area contributed by atoms with Crippen LogP contribution in [-0.2, 0) is 12.8 Å². The van der Waals surface area contributed by atoms with Crippen LogP contribution in [0.25, 0.3) is 0 Å². The number of nitrogens with zero attached hydrogens (tertiary/aromatic N) is 5. The summed E-state index contributed by atoms with van der Waals surface area (Å²) in [4.78, 5) is 16.3. The molecule has 5 rings (SSSR count). The molecule has 0 atom stereocenters. The second kappa shape index (κ2) is 13.5. The van der Waals surface area contributed by atoms with Gasteiger partial charge in [0.1, 0.15) is 5.75 Å². The first-order valence-electron chi connectivity index (χ1n) is 14.4. The molecular formula is C31H40F2N6O3. The number of halogens is 2. The highest BCUT2D eigenvalue weighted by atomic mass is 19.1. The van der Waals surface area contributed by atoms with E-state index in [1.54, 1.807) is 19.5 Å². The summed E-state index contributed by atoms with van der Waals surface area (Å²) in [5.41, 5.74) is 2.54. The zero-order chi connectivity index (χ0) is 29.6. The Morgan fingerprint density at radius 1 is 0.810 bits per heavy atom. The molecule has 2 saturated heterocycles.